The lowest BCUT2D eigenvalue weighted by atomic mass is 10.1. The van der Waals surface area contributed by atoms with Gasteiger partial charge in [-0.15, -0.1) is 0 Å². The molecule has 0 aliphatic heterocycles. The lowest BCUT2D eigenvalue weighted by Crippen LogP contribution is -2.38. The van der Waals surface area contributed by atoms with Crippen LogP contribution in [0.5, 0.6) is 0 Å². The van der Waals surface area contributed by atoms with Gasteiger partial charge in [0.05, 0.1) is 4.90 Å². The van der Waals surface area contributed by atoms with E-state index in [1.807, 2.05) is 40.0 Å². The number of nitrogens with one attached hydrogen (secondary N) is 1. The average molecular weight is 298 g/mol. The summed E-state index contributed by atoms with van der Waals surface area (Å²) in [5.41, 5.74) is 1.14. The van der Waals surface area contributed by atoms with Crippen molar-refractivity contribution < 1.29 is 8.42 Å². The second kappa shape index (κ2) is 7.76. The maximum absolute atomic E-state index is 12.6. The largest absolute Gasteiger partial charge is 0.319 e. The third-order valence-electron chi connectivity index (χ3n) is 3.59. The minimum atomic E-state index is -3.38. The molecule has 0 bridgehead atoms. The zero-order valence-electron chi connectivity index (χ0n) is 12.9. The molecule has 114 valence electrons. The van der Waals surface area contributed by atoms with E-state index in [0.29, 0.717) is 11.4 Å². The number of hydrogen-bond donors (Lipinski definition) is 1. The second-order valence-corrected chi connectivity index (χ2v) is 6.85. The zero-order chi connectivity index (χ0) is 15.2. The SMILES string of the molecule is CCC(C)N(CC)S(=O)(=O)c1ccc(CCNC)cc1. The number of sulfonamides is 1. The van der Waals surface area contributed by atoms with Crippen LogP contribution in [-0.4, -0.2) is 38.9 Å². The third-order valence-corrected chi connectivity index (χ3v) is 5.69. The Morgan fingerprint density at radius 1 is 1.20 bits per heavy atom. The molecule has 0 saturated heterocycles. The first-order chi connectivity index (χ1) is 9.47. The van der Waals surface area contributed by atoms with E-state index in [4.69, 9.17) is 0 Å². The van der Waals surface area contributed by atoms with E-state index in [2.05, 4.69) is 5.32 Å². The maximum atomic E-state index is 12.6. The summed E-state index contributed by atoms with van der Waals surface area (Å²) in [5, 5.41) is 3.08. The molecule has 0 aliphatic carbocycles. The normalized spacial score (nSPS) is 13.7. The molecule has 1 atom stereocenters. The van der Waals surface area contributed by atoms with Crippen LogP contribution in [0.2, 0.25) is 0 Å². The molecular formula is C15H26N2O2S. The number of benzene rings is 1. The predicted molar refractivity (Wildman–Crippen MR) is 83.4 cm³/mol. The summed E-state index contributed by atoms with van der Waals surface area (Å²) in [5.74, 6) is 0. The Morgan fingerprint density at radius 2 is 1.80 bits per heavy atom. The highest BCUT2D eigenvalue weighted by Crippen LogP contribution is 2.20. The Hall–Kier alpha value is -0.910. The van der Waals surface area contributed by atoms with Gasteiger partial charge >= 0.3 is 0 Å². The molecule has 1 aromatic rings. The Bertz CT molecular complexity index is 497. The summed E-state index contributed by atoms with van der Waals surface area (Å²) < 4.78 is 26.8. The van der Waals surface area contributed by atoms with Gasteiger partial charge < -0.3 is 5.32 Å². The first kappa shape index (κ1) is 17.1. The highest BCUT2D eigenvalue weighted by Gasteiger charge is 2.26. The van der Waals surface area contributed by atoms with Crippen LogP contribution in [0.15, 0.2) is 29.2 Å². The fourth-order valence-electron chi connectivity index (χ4n) is 2.15. The fraction of sp³-hybridized carbons (Fsp3) is 0.600. The predicted octanol–water partition coefficient (Wildman–Crippen LogP) is 2.26. The summed E-state index contributed by atoms with van der Waals surface area (Å²) in [7, 11) is -1.48. The van der Waals surface area contributed by atoms with Crippen LogP contribution in [0.1, 0.15) is 32.8 Å². The summed E-state index contributed by atoms with van der Waals surface area (Å²) in [6.07, 6.45) is 1.72. The monoisotopic (exact) mass is 298 g/mol. The molecule has 0 radical (unpaired) electrons. The van der Waals surface area contributed by atoms with Gasteiger partial charge in [-0.25, -0.2) is 8.42 Å². The third kappa shape index (κ3) is 4.04. The van der Waals surface area contributed by atoms with Crippen molar-refractivity contribution in [1.82, 2.24) is 9.62 Å². The van der Waals surface area contributed by atoms with Crippen molar-refractivity contribution in [2.75, 3.05) is 20.1 Å². The minimum absolute atomic E-state index is 0.0222. The average Bonchev–Trinajstić information content (AvgIpc) is 2.45. The quantitative estimate of drug-likeness (QED) is 0.801. The zero-order valence-corrected chi connectivity index (χ0v) is 13.7. The van der Waals surface area contributed by atoms with Crippen LogP contribution in [-0.2, 0) is 16.4 Å². The van der Waals surface area contributed by atoms with Crippen molar-refractivity contribution in [1.29, 1.82) is 0 Å². The highest BCUT2D eigenvalue weighted by molar-refractivity contribution is 7.89. The molecule has 0 fully saturated rings. The summed E-state index contributed by atoms with van der Waals surface area (Å²) >= 11 is 0. The van der Waals surface area contributed by atoms with Gasteiger partial charge in [0.25, 0.3) is 0 Å². The molecule has 0 heterocycles. The van der Waals surface area contributed by atoms with Gasteiger partial charge in [-0.3, -0.25) is 0 Å². The summed E-state index contributed by atoms with van der Waals surface area (Å²) in [6.45, 7) is 7.22. The Balaban J connectivity index is 2.97. The molecule has 0 amide bonds. The molecule has 1 unspecified atom stereocenters. The summed E-state index contributed by atoms with van der Waals surface area (Å²) in [4.78, 5) is 0.382. The van der Waals surface area contributed by atoms with Crippen molar-refractivity contribution >= 4 is 10.0 Å². The molecule has 5 heteroatoms. The molecule has 0 spiro atoms. The molecule has 1 N–H and O–H groups in total. The van der Waals surface area contributed by atoms with E-state index in [-0.39, 0.29) is 6.04 Å². The fourth-order valence-corrected chi connectivity index (χ4v) is 3.87. The van der Waals surface area contributed by atoms with Crippen LogP contribution in [0, 0.1) is 0 Å². The highest BCUT2D eigenvalue weighted by atomic mass is 32.2. The molecule has 4 nitrogen and oxygen atoms in total. The van der Waals surface area contributed by atoms with Crippen LogP contribution >= 0.6 is 0 Å². The van der Waals surface area contributed by atoms with E-state index in [0.717, 1.165) is 24.9 Å². The Kier molecular flexibility index (Phi) is 6.65. The van der Waals surface area contributed by atoms with Crippen molar-refractivity contribution in [2.45, 2.75) is 44.6 Å². The van der Waals surface area contributed by atoms with Gasteiger partial charge in [0, 0.05) is 12.6 Å². The van der Waals surface area contributed by atoms with Crippen molar-refractivity contribution in [3.63, 3.8) is 0 Å². The topological polar surface area (TPSA) is 49.4 Å². The van der Waals surface area contributed by atoms with Crippen LogP contribution in [0.4, 0.5) is 0 Å². The van der Waals surface area contributed by atoms with Gasteiger partial charge in [0.1, 0.15) is 0 Å². The van der Waals surface area contributed by atoms with E-state index in [9.17, 15) is 8.42 Å². The van der Waals surface area contributed by atoms with Crippen LogP contribution in [0.25, 0.3) is 0 Å². The van der Waals surface area contributed by atoms with Crippen LogP contribution < -0.4 is 5.32 Å². The molecule has 0 saturated carbocycles. The van der Waals surface area contributed by atoms with Crippen molar-refractivity contribution in [2.24, 2.45) is 0 Å². The van der Waals surface area contributed by atoms with E-state index < -0.39 is 10.0 Å². The van der Waals surface area contributed by atoms with Crippen molar-refractivity contribution in [3.8, 4) is 0 Å². The lowest BCUT2D eigenvalue weighted by Gasteiger charge is -2.26. The maximum Gasteiger partial charge on any atom is 0.243 e. The minimum Gasteiger partial charge on any atom is -0.319 e. The van der Waals surface area contributed by atoms with E-state index in [1.54, 1.807) is 16.4 Å². The molecule has 1 aromatic carbocycles. The van der Waals surface area contributed by atoms with Gasteiger partial charge in [-0.1, -0.05) is 26.0 Å². The number of hydrogen-bond acceptors (Lipinski definition) is 3. The molecule has 20 heavy (non-hydrogen) atoms. The summed E-state index contributed by atoms with van der Waals surface area (Å²) in [6, 6.07) is 7.24. The number of likely N-dealkylation sites (N-methyl/N-ethyl adjacent to an activating group) is 1. The molecular weight excluding hydrogens is 272 g/mol. The van der Waals surface area contributed by atoms with Gasteiger partial charge in [0.15, 0.2) is 0 Å². The van der Waals surface area contributed by atoms with Gasteiger partial charge in [-0.05, 0) is 51.1 Å². The number of rotatable bonds is 8. The smallest absolute Gasteiger partial charge is 0.243 e. The van der Waals surface area contributed by atoms with Gasteiger partial charge in [-0.2, -0.15) is 4.31 Å². The second-order valence-electron chi connectivity index (χ2n) is 4.96. The standard InChI is InChI=1S/C15H26N2O2S/c1-5-13(3)17(6-2)20(18,19)15-9-7-14(8-10-15)11-12-16-4/h7-10,13,16H,5-6,11-12H2,1-4H3. The van der Waals surface area contributed by atoms with Crippen LogP contribution in [0.3, 0.4) is 0 Å². The number of nitrogens with zero attached hydrogens (tertiary/aromatic N) is 1. The first-order valence-electron chi connectivity index (χ1n) is 7.22. The van der Waals surface area contributed by atoms with E-state index in [1.165, 1.54) is 0 Å². The van der Waals surface area contributed by atoms with E-state index >= 15 is 0 Å². The lowest BCUT2D eigenvalue weighted by molar-refractivity contribution is 0.342. The Labute approximate surface area is 123 Å². The molecule has 0 aromatic heterocycles. The first-order valence-corrected chi connectivity index (χ1v) is 8.66. The van der Waals surface area contributed by atoms with Crippen molar-refractivity contribution in [3.05, 3.63) is 29.8 Å². The van der Waals surface area contributed by atoms with Gasteiger partial charge in [0.2, 0.25) is 10.0 Å². The molecule has 0 aliphatic rings. The molecule has 1 rings (SSSR count). The Morgan fingerprint density at radius 3 is 2.25 bits per heavy atom.